The number of nitrogens with zero attached hydrogens (tertiary/aromatic N) is 1. The summed E-state index contributed by atoms with van der Waals surface area (Å²) in [6.07, 6.45) is 1.63. The number of aromatic nitrogens is 1. The van der Waals surface area contributed by atoms with Crippen molar-refractivity contribution in [1.29, 1.82) is 0 Å². The van der Waals surface area contributed by atoms with E-state index in [0.717, 1.165) is 15.9 Å². The molecule has 0 bridgehead atoms. The molecule has 0 aliphatic carbocycles. The van der Waals surface area contributed by atoms with Crippen LogP contribution >= 0.6 is 11.3 Å². The Kier molecular flexibility index (Phi) is 7.57. The lowest BCUT2D eigenvalue weighted by Gasteiger charge is -2.28. The van der Waals surface area contributed by atoms with Crippen LogP contribution in [0.2, 0.25) is 0 Å². The summed E-state index contributed by atoms with van der Waals surface area (Å²) in [4.78, 5) is 26.9. The van der Waals surface area contributed by atoms with E-state index in [1.165, 1.54) is 33.5 Å². The topological polar surface area (TPSA) is 127 Å². The van der Waals surface area contributed by atoms with E-state index < -0.39 is 27.3 Å². The van der Waals surface area contributed by atoms with Crippen LogP contribution in [0.5, 0.6) is 11.5 Å². The molecule has 1 aliphatic rings. The van der Waals surface area contributed by atoms with Crippen LogP contribution in [0.25, 0.3) is 17.5 Å². The molecule has 41 heavy (non-hydrogen) atoms. The monoisotopic (exact) mass is 590 g/mol. The summed E-state index contributed by atoms with van der Waals surface area (Å²) in [6.45, 7) is 0. The standard InChI is InChI=1S/C30H26N2O7S2/c1-37-20-11-7-9-18(15-20)16-23-28(33)32-27(31)26(41(35,36)22-13-5-4-6-14-22)24(19-10-8-12-21(17-19)38-2)25(29(32)40-23)30(34)39-3/h4-17,24H,31H2,1-3H3/b23-16-/t24-/m1/s1. The molecule has 2 heterocycles. The van der Waals surface area contributed by atoms with Gasteiger partial charge in [0.1, 0.15) is 26.9 Å². The van der Waals surface area contributed by atoms with E-state index in [1.54, 1.807) is 72.8 Å². The number of thiazole rings is 1. The van der Waals surface area contributed by atoms with E-state index in [0.29, 0.717) is 22.6 Å². The average molecular weight is 591 g/mol. The molecular formula is C30H26N2O7S2. The summed E-state index contributed by atoms with van der Waals surface area (Å²) in [5.74, 6) is -1.24. The minimum absolute atomic E-state index is 0.0307. The van der Waals surface area contributed by atoms with Gasteiger partial charge in [0.05, 0.1) is 42.2 Å². The Morgan fingerprint density at radius 3 is 2.24 bits per heavy atom. The number of hydrogen-bond donors (Lipinski definition) is 1. The molecule has 0 fully saturated rings. The summed E-state index contributed by atoms with van der Waals surface area (Å²) in [7, 11) is -0.102. The van der Waals surface area contributed by atoms with Crippen LogP contribution in [-0.2, 0) is 19.4 Å². The number of rotatable bonds is 7. The molecular weight excluding hydrogens is 564 g/mol. The highest BCUT2D eigenvalue weighted by Crippen LogP contribution is 2.42. The predicted molar refractivity (Wildman–Crippen MR) is 157 cm³/mol. The molecule has 9 nitrogen and oxygen atoms in total. The third-order valence-electron chi connectivity index (χ3n) is 6.67. The number of sulfone groups is 1. The molecule has 1 aliphatic heterocycles. The zero-order valence-electron chi connectivity index (χ0n) is 22.4. The van der Waals surface area contributed by atoms with Crippen LogP contribution in [0.3, 0.4) is 0 Å². The Labute approximate surface area is 240 Å². The molecule has 0 amide bonds. The number of fused-ring (bicyclic) bond motifs is 1. The fourth-order valence-electron chi connectivity index (χ4n) is 4.75. The maximum Gasteiger partial charge on any atom is 0.337 e. The molecule has 0 spiro atoms. The van der Waals surface area contributed by atoms with Crippen LogP contribution in [0.1, 0.15) is 17.0 Å². The molecule has 4 aromatic rings. The van der Waals surface area contributed by atoms with Gasteiger partial charge < -0.3 is 19.9 Å². The van der Waals surface area contributed by atoms with Crippen molar-refractivity contribution in [3.05, 3.63) is 114 Å². The van der Waals surface area contributed by atoms with Gasteiger partial charge in [-0.2, -0.15) is 0 Å². The summed E-state index contributed by atoms with van der Waals surface area (Å²) in [5.41, 5.74) is 7.10. The summed E-state index contributed by atoms with van der Waals surface area (Å²) < 4.78 is 45.7. The van der Waals surface area contributed by atoms with Crippen molar-refractivity contribution in [2.75, 3.05) is 21.3 Å². The van der Waals surface area contributed by atoms with Crippen molar-refractivity contribution in [1.82, 2.24) is 4.57 Å². The Morgan fingerprint density at radius 2 is 1.59 bits per heavy atom. The maximum absolute atomic E-state index is 14.2. The highest BCUT2D eigenvalue weighted by Gasteiger charge is 2.42. The molecule has 0 saturated carbocycles. The van der Waals surface area contributed by atoms with Crippen molar-refractivity contribution < 1.29 is 27.4 Å². The second-order valence-corrected chi connectivity index (χ2v) is 12.0. The number of nitrogens with two attached hydrogens (primary N) is 1. The number of carbonyl (C=O) groups excluding carboxylic acids is 1. The van der Waals surface area contributed by atoms with Gasteiger partial charge in [-0.1, -0.05) is 42.5 Å². The third kappa shape index (κ3) is 4.94. The fraction of sp³-hybridized carbons (Fsp3) is 0.133. The summed E-state index contributed by atoms with van der Waals surface area (Å²) >= 11 is 1.02. The normalized spacial score (nSPS) is 15.4. The van der Waals surface area contributed by atoms with E-state index in [4.69, 9.17) is 19.9 Å². The van der Waals surface area contributed by atoms with E-state index >= 15 is 0 Å². The number of carbonyl (C=O) groups is 1. The van der Waals surface area contributed by atoms with Gasteiger partial charge in [-0.05, 0) is 53.6 Å². The van der Waals surface area contributed by atoms with Gasteiger partial charge in [0.2, 0.25) is 9.84 Å². The quantitative estimate of drug-likeness (QED) is 0.325. The number of benzene rings is 3. The van der Waals surface area contributed by atoms with Crippen LogP contribution in [0.15, 0.2) is 93.5 Å². The van der Waals surface area contributed by atoms with Crippen LogP contribution in [0.4, 0.5) is 0 Å². The number of allylic oxidation sites excluding steroid dienone is 1. The fourth-order valence-corrected chi connectivity index (χ4v) is 7.62. The molecule has 1 atom stereocenters. The Bertz CT molecular complexity index is 1970. The minimum atomic E-state index is -4.32. The van der Waals surface area contributed by atoms with E-state index in [1.807, 2.05) is 0 Å². The SMILES string of the molecule is COC(=O)C1=c2s/c(=C\c3cccc(OC)c3)c(=O)n2C(N)=C(S(=O)(=O)c2ccccc2)[C@@H]1c1cccc(OC)c1. The number of ether oxygens (including phenoxy) is 3. The van der Waals surface area contributed by atoms with Crippen molar-refractivity contribution in [3.8, 4) is 11.5 Å². The van der Waals surface area contributed by atoms with Crippen molar-refractivity contribution >= 4 is 44.6 Å². The number of hydrogen-bond acceptors (Lipinski definition) is 9. The zero-order chi connectivity index (χ0) is 29.3. The zero-order valence-corrected chi connectivity index (χ0v) is 24.0. The number of esters is 1. The number of methoxy groups -OCH3 is 3. The molecule has 0 unspecified atom stereocenters. The van der Waals surface area contributed by atoms with Crippen molar-refractivity contribution in [2.45, 2.75) is 10.8 Å². The molecule has 0 saturated heterocycles. The summed E-state index contributed by atoms with van der Waals surface area (Å²) in [5, 5.41) is 0. The van der Waals surface area contributed by atoms with Gasteiger partial charge in [0.25, 0.3) is 5.56 Å². The summed E-state index contributed by atoms with van der Waals surface area (Å²) in [6, 6.07) is 21.5. The van der Waals surface area contributed by atoms with Gasteiger partial charge in [0, 0.05) is 0 Å². The van der Waals surface area contributed by atoms with Gasteiger partial charge in [0.15, 0.2) is 0 Å². The first-order chi connectivity index (χ1) is 19.7. The average Bonchev–Trinajstić information content (AvgIpc) is 3.32. The smallest absolute Gasteiger partial charge is 0.337 e. The molecule has 5 rings (SSSR count). The first-order valence-corrected chi connectivity index (χ1v) is 14.7. The Balaban J connectivity index is 1.92. The predicted octanol–water partition coefficient (Wildman–Crippen LogP) is 2.44. The highest BCUT2D eigenvalue weighted by atomic mass is 32.2. The second-order valence-electron chi connectivity index (χ2n) is 9.01. The minimum Gasteiger partial charge on any atom is -0.497 e. The Hall–Kier alpha value is -4.61. The van der Waals surface area contributed by atoms with E-state index in [-0.39, 0.29) is 30.4 Å². The van der Waals surface area contributed by atoms with Gasteiger partial charge in [-0.25, -0.2) is 13.2 Å². The largest absolute Gasteiger partial charge is 0.497 e. The maximum atomic E-state index is 14.2. The van der Waals surface area contributed by atoms with Crippen LogP contribution in [0, 0.1) is 0 Å². The van der Waals surface area contributed by atoms with Crippen molar-refractivity contribution in [2.24, 2.45) is 5.73 Å². The van der Waals surface area contributed by atoms with E-state index in [9.17, 15) is 18.0 Å². The van der Waals surface area contributed by atoms with Crippen molar-refractivity contribution in [3.63, 3.8) is 0 Å². The molecule has 2 N–H and O–H groups in total. The second kappa shape index (κ2) is 11.1. The molecule has 1 aromatic heterocycles. The molecule has 0 radical (unpaired) electrons. The third-order valence-corrected chi connectivity index (χ3v) is 9.69. The van der Waals surface area contributed by atoms with Crippen LogP contribution in [-0.4, -0.2) is 40.3 Å². The van der Waals surface area contributed by atoms with E-state index in [2.05, 4.69) is 0 Å². The Morgan fingerprint density at radius 1 is 0.927 bits per heavy atom. The first kappa shape index (κ1) is 27.9. The molecule has 11 heteroatoms. The molecule has 210 valence electrons. The van der Waals surface area contributed by atoms with Gasteiger partial charge in [-0.15, -0.1) is 11.3 Å². The van der Waals surface area contributed by atoms with Crippen LogP contribution < -0.4 is 30.0 Å². The highest BCUT2D eigenvalue weighted by molar-refractivity contribution is 7.95. The lowest BCUT2D eigenvalue weighted by Crippen LogP contribution is -2.41. The first-order valence-electron chi connectivity index (χ1n) is 12.4. The lowest BCUT2D eigenvalue weighted by atomic mass is 9.89. The molecule has 3 aromatic carbocycles. The van der Waals surface area contributed by atoms with Gasteiger partial charge >= 0.3 is 5.97 Å². The van der Waals surface area contributed by atoms with Gasteiger partial charge in [-0.3, -0.25) is 9.36 Å². The lowest BCUT2D eigenvalue weighted by molar-refractivity contribution is -0.134.